The van der Waals surface area contributed by atoms with Crippen LogP contribution in [0.2, 0.25) is 5.02 Å². The predicted octanol–water partition coefficient (Wildman–Crippen LogP) is 5.67. The third-order valence-corrected chi connectivity index (χ3v) is 6.69. The molecule has 162 valence electrons. The highest BCUT2D eigenvalue weighted by Crippen LogP contribution is 2.32. The molecule has 2 atom stereocenters. The van der Waals surface area contributed by atoms with Gasteiger partial charge in [0.2, 0.25) is 5.91 Å². The number of carbonyl (C=O) groups excluding carboxylic acids is 1. The van der Waals surface area contributed by atoms with Crippen LogP contribution in [0.25, 0.3) is 0 Å². The van der Waals surface area contributed by atoms with Gasteiger partial charge < -0.3 is 10.6 Å². The highest BCUT2D eigenvalue weighted by molar-refractivity contribution is 6.33. The van der Waals surface area contributed by atoms with Gasteiger partial charge in [0.25, 0.3) is 0 Å². The second-order valence-corrected chi connectivity index (χ2v) is 9.32. The van der Waals surface area contributed by atoms with Gasteiger partial charge in [0.05, 0.1) is 10.7 Å². The average Bonchev–Trinajstić information content (AvgIpc) is 3.19. The topological polar surface area (TPSA) is 46.3 Å². The molecule has 0 radical (unpaired) electrons. The first-order valence-electron chi connectivity index (χ1n) is 10.8. The maximum absolute atomic E-state index is 13.9. The van der Waals surface area contributed by atoms with E-state index in [1.807, 2.05) is 49.9 Å². The van der Waals surface area contributed by atoms with Gasteiger partial charge >= 0.3 is 0 Å². The molecule has 5 heteroatoms. The van der Waals surface area contributed by atoms with Crippen LogP contribution in [0.4, 0.5) is 10.1 Å². The van der Waals surface area contributed by atoms with Crippen molar-refractivity contribution in [3.05, 3.63) is 63.9 Å². The van der Waals surface area contributed by atoms with Gasteiger partial charge in [-0.1, -0.05) is 37.6 Å². The second kappa shape index (κ2) is 9.82. The Hall–Kier alpha value is -2.07. The first-order chi connectivity index (χ1) is 14.2. The molecule has 1 aliphatic rings. The Kier molecular flexibility index (Phi) is 7.41. The lowest BCUT2D eigenvalue weighted by atomic mass is 9.81. The van der Waals surface area contributed by atoms with Crippen LogP contribution < -0.4 is 5.73 Å². The third kappa shape index (κ3) is 5.54. The molecular weight excluding hydrogens is 399 g/mol. The summed E-state index contributed by atoms with van der Waals surface area (Å²) >= 11 is 6.20. The molecular formula is C25H32ClFN2O. The van der Waals surface area contributed by atoms with Crippen molar-refractivity contribution in [2.75, 3.05) is 18.8 Å². The molecule has 1 saturated heterocycles. The number of nitrogens with zero attached hydrogens (tertiary/aromatic N) is 1. The summed E-state index contributed by atoms with van der Waals surface area (Å²) in [5.41, 5.74) is 9.76. The first-order valence-corrected chi connectivity index (χ1v) is 11.2. The summed E-state index contributed by atoms with van der Waals surface area (Å²) in [6.45, 7) is 7.55. The molecule has 0 bridgehead atoms. The number of aryl methyl sites for hydroxylation is 2. The van der Waals surface area contributed by atoms with E-state index in [0.29, 0.717) is 22.5 Å². The second-order valence-electron chi connectivity index (χ2n) is 8.92. The van der Waals surface area contributed by atoms with Crippen molar-refractivity contribution >= 4 is 23.2 Å². The molecule has 0 spiro atoms. The minimum Gasteiger partial charge on any atom is -0.398 e. The van der Waals surface area contributed by atoms with Crippen LogP contribution >= 0.6 is 11.6 Å². The minimum absolute atomic E-state index is 0.0181. The van der Waals surface area contributed by atoms with Crippen LogP contribution in [-0.2, 0) is 17.6 Å². The van der Waals surface area contributed by atoms with E-state index >= 15 is 0 Å². The van der Waals surface area contributed by atoms with Crippen LogP contribution in [0.15, 0.2) is 36.4 Å². The van der Waals surface area contributed by atoms with Gasteiger partial charge in [0, 0.05) is 19.0 Å². The number of hydrogen-bond donors (Lipinski definition) is 1. The summed E-state index contributed by atoms with van der Waals surface area (Å²) in [6.07, 6.45) is 3.67. The summed E-state index contributed by atoms with van der Waals surface area (Å²) in [4.78, 5) is 14.5. The van der Waals surface area contributed by atoms with E-state index in [2.05, 4.69) is 0 Å². The Morgan fingerprint density at radius 1 is 1.27 bits per heavy atom. The summed E-state index contributed by atoms with van der Waals surface area (Å²) in [6, 6.07) is 10.8. The molecule has 2 aromatic carbocycles. The molecule has 3 nitrogen and oxygen atoms in total. The van der Waals surface area contributed by atoms with E-state index in [1.165, 1.54) is 6.07 Å². The summed E-state index contributed by atoms with van der Waals surface area (Å²) < 4.78 is 13.9. The lowest BCUT2D eigenvalue weighted by Gasteiger charge is -2.26. The summed E-state index contributed by atoms with van der Waals surface area (Å²) in [5.74, 6) is 0.835. The first kappa shape index (κ1) is 22.6. The largest absolute Gasteiger partial charge is 0.398 e. The van der Waals surface area contributed by atoms with E-state index in [-0.39, 0.29) is 17.6 Å². The molecule has 1 aliphatic heterocycles. The van der Waals surface area contributed by atoms with Gasteiger partial charge in [-0.3, -0.25) is 4.79 Å². The SMILES string of the molecule is Cc1ccc(F)cc1CC(CCc1ccc(N)c(Cl)c1)C1CCN(C(=O)C(C)C)C1. The smallest absolute Gasteiger partial charge is 0.225 e. The maximum Gasteiger partial charge on any atom is 0.225 e. The Labute approximate surface area is 184 Å². The van der Waals surface area contributed by atoms with Gasteiger partial charge in [0.1, 0.15) is 5.82 Å². The lowest BCUT2D eigenvalue weighted by molar-refractivity contribution is -0.133. The monoisotopic (exact) mass is 430 g/mol. The van der Waals surface area contributed by atoms with Crippen molar-refractivity contribution in [1.29, 1.82) is 0 Å². The van der Waals surface area contributed by atoms with E-state index in [9.17, 15) is 9.18 Å². The van der Waals surface area contributed by atoms with E-state index in [1.54, 1.807) is 6.07 Å². The Balaban J connectivity index is 1.76. The number of rotatable bonds is 7. The standard InChI is InChI=1S/C25H32ClFN2O/c1-16(2)25(30)29-11-10-20(15-29)19(13-21-14-22(27)8-4-17(21)3)7-5-18-6-9-24(28)23(26)12-18/h4,6,8-9,12,14,16,19-20H,5,7,10-11,13,15,28H2,1-3H3. The third-order valence-electron chi connectivity index (χ3n) is 6.36. The van der Waals surface area contributed by atoms with Crippen molar-refractivity contribution in [1.82, 2.24) is 4.90 Å². The van der Waals surface area contributed by atoms with Crippen LogP contribution in [-0.4, -0.2) is 23.9 Å². The number of nitrogen functional groups attached to an aromatic ring is 1. The highest BCUT2D eigenvalue weighted by Gasteiger charge is 2.32. The molecule has 30 heavy (non-hydrogen) atoms. The number of anilines is 1. The normalized spacial score (nSPS) is 17.5. The van der Waals surface area contributed by atoms with Gasteiger partial charge in [-0.2, -0.15) is 0 Å². The zero-order chi connectivity index (χ0) is 21.8. The van der Waals surface area contributed by atoms with Crippen molar-refractivity contribution in [3.63, 3.8) is 0 Å². The number of likely N-dealkylation sites (tertiary alicyclic amines) is 1. The zero-order valence-electron chi connectivity index (χ0n) is 18.1. The molecule has 2 aromatic rings. The molecule has 3 rings (SSSR count). The summed E-state index contributed by atoms with van der Waals surface area (Å²) in [5, 5.41) is 0.583. The molecule has 1 heterocycles. The van der Waals surface area contributed by atoms with Gasteiger partial charge in [-0.05, 0) is 85.4 Å². The van der Waals surface area contributed by atoms with Crippen molar-refractivity contribution in [3.8, 4) is 0 Å². The van der Waals surface area contributed by atoms with Gasteiger partial charge in [-0.15, -0.1) is 0 Å². The van der Waals surface area contributed by atoms with E-state index in [0.717, 1.165) is 55.5 Å². The van der Waals surface area contributed by atoms with Crippen LogP contribution in [0, 0.1) is 30.5 Å². The quantitative estimate of drug-likeness (QED) is 0.575. The van der Waals surface area contributed by atoms with E-state index in [4.69, 9.17) is 17.3 Å². The zero-order valence-corrected chi connectivity index (χ0v) is 18.9. The number of carbonyl (C=O) groups is 1. The van der Waals surface area contributed by atoms with Crippen molar-refractivity contribution in [2.24, 2.45) is 17.8 Å². The van der Waals surface area contributed by atoms with Crippen LogP contribution in [0.5, 0.6) is 0 Å². The molecule has 1 amide bonds. The predicted molar refractivity (Wildman–Crippen MR) is 122 cm³/mol. The molecule has 2 N–H and O–H groups in total. The molecule has 0 aromatic heterocycles. The Bertz CT molecular complexity index is 899. The van der Waals surface area contributed by atoms with Gasteiger partial charge in [-0.25, -0.2) is 4.39 Å². The number of amides is 1. The number of halogens is 2. The number of nitrogens with two attached hydrogens (primary N) is 1. The fourth-order valence-corrected chi connectivity index (χ4v) is 4.67. The molecule has 0 saturated carbocycles. The fourth-order valence-electron chi connectivity index (χ4n) is 4.46. The highest BCUT2D eigenvalue weighted by atomic mass is 35.5. The number of hydrogen-bond acceptors (Lipinski definition) is 2. The molecule has 1 fully saturated rings. The van der Waals surface area contributed by atoms with Crippen LogP contribution in [0.1, 0.15) is 43.4 Å². The van der Waals surface area contributed by atoms with Crippen LogP contribution in [0.3, 0.4) is 0 Å². The Morgan fingerprint density at radius 3 is 2.73 bits per heavy atom. The van der Waals surface area contributed by atoms with Crippen molar-refractivity contribution < 1.29 is 9.18 Å². The minimum atomic E-state index is -0.192. The molecule has 2 unspecified atom stereocenters. The fraction of sp³-hybridized carbons (Fsp3) is 0.480. The summed E-state index contributed by atoms with van der Waals surface area (Å²) in [7, 11) is 0. The van der Waals surface area contributed by atoms with Gasteiger partial charge in [0.15, 0.2) is 0 Å². The average molecular weight is 431 g/mol. The lowest BCUT2D eigenvalue weighted by Crippen LogP contribution is -2.33. The number of benzene rings is 2. The van der Waals surface area contributed by atoms with E-state index < -0.39 is 0 Å². The molecule has 0 aliphatic carbocycles. The maximum atomic E-state index is 13.9. The van der Waals surface area contributed by atoms with Crippen molar-refractivity contribution in [2.45, 2.75) is 46.5 Å². The Morgan fingerprint density at radius 2 is 2.03 bits per heavy atom.